The topological polar surface area (TPSA) is 46.0 Å². The summed E-state index contributed by atoms with van der Waals surface area (Å²) in [6.45, 7) is 9.82. The molecule has 118 valence electrons. The van der Waals surface area contributed by atoms with Crippen LogP contribution in [0.3, 0.4) is 0 Å². The van der Waals surface area contributed by atoms with Crippen molar-refractivity contribution in [2.24, 2.45) is 0 Å². The molecule has 1 saturated heterocycles. The van der Waals surface area contributed by atoms with Crippen LogP contribution in [0.4, 0.5) is 0 Å². The summed E-state index contributed by atoms with van der Waals surface area (Å²) < 4.78 is 2.06. The Hall–Kier alpha value is -0.940. The minimum absolute atomic E-state index is 0.355. The Kier molecular flexibility index (Phi) is 4.31. The summed E-state index contributed by atoms with van der Waals surface area (Å²) in [5.74, 6) is 1.10. The van der Waals surface area contributed by atoms with E-state index in [1.54, 1.807) is 6.33 Å². The zero-order chi connectivity index (χ0) is 14.9. The molecule has 5 nitrogen and oxygen atoms in total. The van der Waals surface area contributed by atoms with Gasteiger partial charge in [-0.25, -0.2) is 9.67 Å². The highest BCUT2D eigenvalue weighted by Crippen LogP contribution is 2.32. The molecule has 3 rings (SSSR count). The number of piperazine rings is 1. The maximum atomic E-state index is 4.49. The molecule has 0 bridgehead atoms. The van der Waals surface area contributed by atoms with Crippen molar-refractivity contribution in [1.29, 1.82) is 0 Å². The van der Waals surface area contributed by atoms with E-state index in [2.05, 4.69) is 45.8 Å². The highest BCUT2D eigenvalue weighted by atomic mass is 15.4. The summed E-state index contributed by atoms with van der Waals surface area (Å²) in [6.07, 6.45) is 8.49. The molecule has 1 spiro atoms. The molecule has 1 N–H and O–H groups in total. The normalized spacial score (nSPS) is 26.6. The van der Waals surface area contributed by atoms with Crippen molar-refractivity contribution in [3.8, 4) is 0 Å². The Morgan fingerprint density at radius 3 is 2.81 bits per heavy atom. The first kappa shape index (κ1) is 15.0. The van der Waals surface area contributed by atoms with Gasteiger partial charge in [-0.05, 0) is 33.6 Å². The Bertz CT molecular complexity index is 461. The number of nitrogens with one attached hydrogen (secondary N) is 1. The molecule has 1 aromatic rings. The second kappa shape index (κ2) is 6.05. The van der Waals surface area contributed by atoms with Crippen LogP contribution in [-0.2, 0) is 6.54 Å². The van der Waals surface area contributed by atoms with Crippen LogP contribution in [0.2, 0.25) is 0 Å². The third-order valence-corrected chi connectivity index (χ3v) is 5.19. The Morgan fingerprint density at radius 2 is 2.10 bits per heavy atom. The third-order valence-electron chi connectivity index (χ3n) is 5.19. The Labute approximate surface area is 128 Å². The van der Waals surface area contributed by atoms with Gasteiger partial charge in [0.1, 0.15) is 12.2 Å². The van der Waals surface area contributed by atoms with Crippen LogP contribution in [0.25, 0.3) is 0 Å². The van der Waals surface area contributed by atoms with E-state index in [0.717, 1.165) is 25.5 Å². The van der Waals surface area contributed by atoms with Crippen LogP contribution in [0.1, 0.15) is 64.7 Å². The quantitative estimate of drug-likeness (QED) is 0.928. The van der Waals surface area contributed by atoms with Crippen molar-refractivity contribution in [1.82, 2.24) is 25.0 Å². The second-order valence-corrected chi connectivity index (χ2v) is 7.19. The molecule has 0 radical (unpaired) electrons. The first-order valence-corrected chi connectivity index (χ1v) is 8.47. The standard InChI is InChI=1S/C16H29N5/c1-13(2)21-15(17-12-19-21)10-20-11-16(18-9-14(20)3)7-5-4-6-8-16/h12-14,18H,4-11H2,1-3H3. The van der Waals surface area contributed by atoms with Crippen molar-refractivity contribution in [3.63, 3.8) is 0 Å². The van der Waals surface area contributed by atoms with Gasteiger partial charge in [-0.3, -0.25) is 4.90 Å². The minimum atomic E-state index is 0.355. The fourth-order valence-corrected chi connectivity index (χ4v) is 3.87. The maximum absolute atomic E-state index is 4.49. The lowest BCUT2D eigenvalue weighted by molar-refractivity contribution is 0.0542. The van der Waals surface area contributed by atoms with E-state index in [0.29, 0.717) is 17.6 Å². The molecule has 2 fully saturated rings. The van der Waals surface area contributed by atoms with Gasteiger partial charge in [0.2, 0.25) is 0 Å². The lowest BCUT2D eigenvalue weighted by atomic mass is 9.79. The van der Waals surface area contributed by atoms with E-state index in [1.165, 1.54) is 32.1 Å². The van der Waals surface area contributed by atoms with Gasteiger partial charge >= 0.3 is 0 Å². The van der Waals surface area contributed by atoms with Crippen LogP contribution in [0.15, 0.2) is 6.33 Å². The van der Waals surface area contributed by atoms with Gasteiger partial charge in [0, 0.05) is 30.7 Å². The van der Waals surface area contributed by atoms with Gasteiger partial charge in [0.25, 0.3) is 0 Å². The summed E-state index contributed by atoms with van der Waals surface area (Å²) in [7, 11) is 0. The number of nitrogens with zero attached hydrogens (tertiary/aromatic N) is 4. The molecule has 2 aliphatic rings. The highest BCUT2D eigenvalue weighted by molar-refractivity contribution is 5.00. The molecule has 1 aliphatic heterocycles. The molecule has 1 aliphatic carbocycles. The smallest absolute Gasteiger partial charge is 0.141 e. The van der Waals surface area contributed by atoms with Crippen molar-refractivity contribution in [3.05, 3.63) is 12.2 Å². The molecule has 1 unspecified atom stereocenters. The summed E-state index contributed by atoms with van der Waals surface area (Å²) in [4.78, 5) is 7.09. The highest BCUT2D eigenvalue weighted by Gasteiger charge is 2.38. The fraction of sp³-hybridized carbons (Fsp3) is 0.875. The van der Waals surface area contributed by atoms with Gasteiger partial charge in [0.05, 0.1) is 6.54 Å². The van der Waals surface area contributed by atoms with Crippen LogP contribution < -0.4 is 5.32 Å². The number of hydrogen-bond acceptors (Lipinski definition) is 4. The van der Waals surface area contributed by atoms with E-state index in [4.69, 9.17) is 0 Å². The lowest BCUT2D eigenvalue weighted by Crippen LogP contribution is -2.63. The van der Waals surface area contributed by atoms with Gasteiger partial charge < -0.3 is 5.32 Å². The van der Waals surface area contributed by atoms with Crippen molar-refractivity contribution in [2.75, 3.05) is 13.1 Å². The minimum Gasteiger partial charge on any atom is -0.308 e. The zero-order valence-corrected chi connectivity index (χ0v) is 13.7. The summed E-state index contributed by atoms with van der Waals surface area (Å²) in [6, 6.07) is 0.944. The van der Waals surface area contributed by atoms with E-state index in [1.807, 2.05) is 0 Å². The van der Waals surface area contributed by atoms with E-state index in [9.17, 15) is 0 Å². The first-order chi connectivity index (χ1) is 10.1. The Morgan fingerprint density at radius 1 is 1.33 bits per heavy atom. The van der Waals surface area contributed by atoms with Crippen LogP contribution >= 0.6 is 0 Å². The van der Waals surface area contributed by atoms with Crippen LogP contribution in [-0.4, -0.2) is 44.3 Å². The molecule has 1 saturated carbocycles. The SMILES string of the molecule is CC1CNC2(CCCCC2)CN1Cc1ncnn1C(C)C. The summed E-state index contributed by atoms with van der Waals surface area (Å²) in [5, 5.41) is 8.22. The van der Waals surface area contributed by atoms with E-state index in [-0.39, 0.29) is 0 Å². The van der Waals surface area contributed by atoms with E-state index >= 15 is 0 Å². The number of rotatable bonds is 3. The fourth-order valence-electron chi connectivity index (χ4n) is 3.87. The molecule has 0 amide bonds. The van der Waals surface area contributed by atoms with Gasteiger partial charge in [0.15, 0.2) is 0 Å². The van der Waals surface area contributed by atoms with Crippen molar-refractivity contribution >= 4 is 0 Å². The average molecular weight is 291 g/mol. The monoisotopic (exact) mass is 291 g/mol. The molecule has 5 heteroatoms. The van der Waals surface area contributed by atoms with E-state index < -0.39 is 0 Å². The molecule has 2 heterocycles. The van der Waals surface area contributed by atoms with Gasteiger partial charge in [-0.15, -0.1) is 0 Å². The second-order valence-electron chi connectivity index (χ2n) is 7.19. The van der Waals surface area contributed by atoms with Gasteiger partial charge in [-0.1, -0.05) is 19.3 Å². The average Bonchev–Trinajstić information content (AvgIpc) is 2.93. The maximum Gasteiger partial charge on any atom is 0.141 e. The lowest BCUT2D eigenvalue weighted by Gasteiger charge is -2.48. The van der Waals surface area contributed by atoms with Crippen LogP contribution in [0, 0.1) is 0 Å². The van der Waals surface area contributed by atoms with Gasteiger partial charge in [-0.2, -0.15) is 5.10 Å². The third kappa shape index (κ3) is 3.14. The molecule has 0 aromatic carbocycles. The number of aromatic nitrogens is 3. The zero-order valence-electron chi connectivity index (χ0n) is 13.7. The largest absolute Gasteiger partial charge is 0.308 e. The Balaban J connectivity index is 1.72. The molecule has 1 atom stereocenters. The predicted octanol–water partition coefficient (Wildman–Crippen LogP) is 2.36. The van der Waals surface area contributed by atoms with Crippen molar-refractivity contribution in [2.45, 2.75) is 77.0 Å². The summed E-state index contributed by atoms with van der Waals surface area (Å²) in [5.41, 5.74) is 0.355. The first-order valence-electron chi connectivity index (χ1n) is 8.47. The van der Waals surface area contributed by atoms with Crippen molar-refractivity contribution < 1.29 is 0 Å². The predicted molar refractivity (Wildman–Crippen MR) is 84.1 cm³/mol. The molecule has 21 heavy (non-hydrogen) atoms. The summed E-state index contributed by atoms with van der Waals surface area (Å²) >= 11 is 0. The number of hydrogen-bond donors (Lipinski definition) is 1. The molecular formula is C16H29N5. The molecular weight excluding hydrogens is 262 g/mol. The molecule has 1 aromatic heterocycles. The van der Waals surface area contributed by atoms with Crippen LogP contribution in [0.5, 0.6) is 0 Å².